The van der Waals surface area contributed by atoms with Gasteiger partial charge in [0.1, 0.15) is 11.6 Å². The Bertz CT molecular complexity index is 1140. The van der Waals surface area contributed by atoms with Crippen LogP contribution >= 0.6 is 11.3 Å². The monoisotopic (exact) mass is 421 g/mol. The van der Waals surface area contributed by atoms with Crippen LogP contribution in [0.5, 0.6) is 5.75 Å². The maximum absolute atomic E-state index is 12.8. The number of nitrogens with one attached hydrogen (secondary N) is 2. The van der Waals surface area contributed by atoms with Gasteiger partial charge in [0.2, 0.25) is 0 Å². The predicted octanol–water partition coefficient (Wildman–Crippen LogP) is 3.94. The highest BCUT2D eigenvalue weighted by molar-refractivity contribution is 7.09. The second-order valence-electron chi connectivity index (χ2n) is 6.97. The van der Waals surface area contributed by atoms with Gasteiger partial charge in [-0.3, -0.25) is 9.89 Å². The molecule has 2 N–H and O–H groups in total. The summed E-state index contributed by atoms with van der Waals surface area (Å²) in [5.74, 6) is 1.83. The summed E-state index contributed by atoms with van der Waals surface area (Å²) >= 11 is 1.72. The van der Waals surface area contributed by atoms with Gasteiger partial charge in [0.15, 0.2) is 5.82 Å². The third-order valence-corrected chi connectivity index (χ3v) is 5.87. The maximum Gasteiger partial charge on any atom is 0.253 e. The number of carbonyl (C=O) groups excluding carboxylic acids is 1. The number of amides is 1. The van der Waals surface area contributed by atoms with Crippen LogP contribution in [-0.4, -0.2) is 32.8 Å². The number of benzene rings is 1. The highest BCUT2D eigenvalue weighted by Gasteiger charge is 2.16. The number of nitrogens with zero attached hydrogens (tertiary/aromatic N) is 3. The van der Waals surface area contributed by atoms with Crippen LogP contribution in [0, 0.1) is 13.8 Å². The van der Waals surface area contributed by atoms with Crippen molar-refractivity contribution in [1.82, 2.24) is 25.1 Å². The van der Waals surface area contributed by atoms with Crippen LogP contribution in [0.2, 0.25) is 0 Å². The van der Waals surface area contributed by atoms with Crippen LogP contribution in [0.15, 0.2) is 47.8 Å². The van der Waals surface area contributed by atoms with E-state index < -0.39 is 0 Å². The first-order valence-corrected chi connectivity index (χ1v) is 10.5. The summed E-state index contributed by atoms with van der Waals surface area (Å²) in [7, 11) is 1.63. The van der Waals surface area contributed by atoms with Crippen molar-refractivity contribution >= 4 is 17.2 Å². The molecule has 0 saturated carbocycles. The van der Waals surface area contributed by atoms with Crippen molar-refractivity contribution in [1.29, 1.82) is 0 Å². The van der Waals surface area contributed by atoms with E-state index in [2.05, 4.69) is 36.5 Å². The molecule has 0 atom stereocenters. The molecule has 1 aromatic carbocycles. The van der Waals surface area contributed by atoms with Crippen molar-refractivity contribution in [3.8, 4) is 17.1 Å². The molecule has 0 unspecified atom stereocenters. The van der Waals surface area contributed by atoms with Crippen molar-refractivity contribution in [2.45, 2.75) is 26.9 Å². The molecule has 0 aliphatic heterocycles. The van der Waals surface area contributed by atoms with Gasteiger partial charge in [0.05, 0.1) is 25.8 Å². The minimum absolute atomic E-state index is 0.122. The Morgan fingerprint density at radius 3 is 2.73 bits per heavy atom. The molecule has 3 aromatic heterocycles. The number of aromatic amines is 1. The fourth-order valence-corrected chi connectivity index (χ4v) is 4.03. The summed E-state index contributed by atoms with van der Waals surface area (Å²) in [6, 6.07) is 13.6. The summed E-state index contributed by atoms with van der Waals surface area (Å²) in [6.07, 6.45) is 0. The van der Waals surface area contributed by atoms with Gasteiger partial charge in [-0.2, -0.15) is 5.10 Å². The number of rotatable bonds is 7. The largest absolute Gasteiger partial charge is 0.497 e. The van der Waals surface area contributed by atoms with Crippen molar-refractivity contribution in [2.75, 3.05) is 7.11 Å². The number of aryl methyl sites for hydroxylation is 1. The molecule has 7 nitrogen and oxygen atoms in total. The van der Waals surface area contributed by atoms with Crippen molar-refractivity contribution in [3.05, 3.63) is 75.5 Å². The molecule has 3 heterocycles. The van der Waals surface area contributed by atoms with E-state index in [9.17, 15) is 4.79 Å². The van der Waals surface area contributed by atoms with Gasteiger partial charge >= 0.3 is 0 Å². The van der Waals surface area contributed by atoms with E-state index in [1.54, 1.807) is 18.4 Å². The zero-order valence-corrected chi connectivity index (χ0v) is 17.9. The normalized spacial score (nSPS) is 10.9. The zero-order chi connectivity index (χ0) is 21.1. The molecule has 0 aliphatic rings. The Balaban J connectivity index is 1.42. The minimum atomic E-state index is -0.122. The van der Waals surface area contributed by atoms with E-state index in [1.807, 2.05) is 50.2 Å². The fraction of sp³-hybridized carbons (Fsp3) is 0.227. The molecule has 30 heavy (non-hydrogen) atoms. The van der Waals surface area contributed by atoms with E-state index >= 15 is 0 Å². The van der Waals surface area contributed by atoms with Crippen molar-refractivity contribution in [3.63, 3.8) is 0 Å². The first kappa shape index (κ1) is 19.9. The SMILES string of the molecule is COc1ccc(-c2n[nH]c(CNC(=O)c3cc(C)n(Cc4cccs4)c3C)n2)cc1. The number of thiophene rings is 1. The van der Waals surface area contributed by atoms with Crippen LogP contribution in [0.25, 0.3) is 11.4 Å². The third kappa shape index (κ3) is 4.13. The summed E-state index contributed by atoms with van der Waals surface area (Å²) in [5, 5.41) is 12.1. The molecular weight excluding hydrogens is 398 g/mol. The van der Waals surface area contributed by atoms with Gasteiger partial charge in [-0.05, 0) is 55.6 Å². The average molecular weight is 422 g/mol. The number of aromatic nitrogens is 4. The molecule has 154 valence electrons. The molecule has 0 bridgehead atoms. The van der Waals surface area contributed by atoms with Crippen molar-refractivity contribution in [2.24, 2.45) is 0 Å². The Morgan fingerprint density at radius 1 is 1.23 bits per heavy atom. The van der Waals surface area contributed by atoms with Gasteiger partial charge in [-0.1, -0.05) is 6.07 Å². The molecule has 1 amide bonds. The van der Waals surface area contributed by atoms with Crippen LogP contribution in [-0.2, 0) is 13.1 Å². The highest BCUT2D eigenvalue weighted by Crippen LogP contribution is 2.20. The number of carbonyl (C=O) groups is 1. The first-order valence-electron chi connectivity index (χ1n) is 9.58. The maximum atomic E-state index is 12.8. The number of H-pyrrole nitrogens is 1. The Labute approximate surface area is 178 Å². The molecule has 0 fully saturated rings. The lowest BCUT2D eigenvalue weighted by molar-refractivity contribution is 0.0949. The van der Waals surface area contributed by atoms with Gasteiger partial charge < -0.3 is 14.6 Å². The lowest BCUT2D eigenvalue weighted by Gasteiger charge is -2.08. The quantitative estimate of drug-likeness (QED) is 0.473. The summed E-state index contributed by atoms with van der Waals surface area (Å²) in [6.45, 7) is 5.05. The van der Waals surface area contributed by atoms with Crippen LogP contribution in [0.4, 0.5) is 0 Å². The third-order valence-electron chi connectivity index (χ3n) is 5.01. The lowest BCUT2D eigenvalue weighted by atomic mass is 10.2. The van der Waals surface area contributed by atoms with E-state index in [-0.39, 0.29) is 12.5 Å². The van der Waals surface area contributed by atoms with E-state index in [0.29, 0.717) is 17.2 Å². The van der Waals surface area contributed by atoms with E-state index in [4.69, 9.17) is 4.74 Å². The zero-order valence-electron chi connectivity index (χ0n) is 17.1. The number of hydrogen-bond acceptors (Lipinski definition) is 5. The van der Waals surface area contributed by atoms with Gasteiger partial charge in [-0.15, -0.1) is 11.3 Å². The standard InChI is InChI=1S/C22H23N5O2S/c1-14-11-19(15(2)27(14)13-18-5-4-10-30-18)22(28)23-12-20-24-21(26-25-20)16-6-8-17(29-3)9-7-16/h4-11H,12-13H2,1-3H3,(H,23,28)(H,24,25,26). The fourth-order valence-electron chi connectivity index (χ4n) is 3.34. The summed E-state index contributed by atoms with van der Waals surface area (Å²) in [5.41, 5.74) is 3.57. The Hall–Kier alpha value is -3.39. The van der Waals surface area contributed by atoms with E-state index in [1.165, 1.54) is 4.88 Å². The van der Waals surface area contributed by atoms with Crippen LogP contribution in [0.1, 0.15) is 32.4 Å². The number of methoxy groups -OCH3 is 1. The second-order valence-corrected chi connectivity index (χ2v) is 8.00. The molecule has 0 radical (unpaired) electrons. The molecule has 4 rings (SSSR count). The van der Waals surface area contributed by atoms with Gasteiger partial charge in [0.25, 0.3) is 5.91 Å². The Kier molecular flexibility index (Phi) is 5.67. The smallest absolute Gasteiger partial charge is 0.253 e. The Morgan fingerprint density at radius 2 is 2.03 bits per heavy atom. The number of hydrogen-bond donors (Lipinski definition) is 2. The number of ether oxygens (including phenoxy) is 1. The second kappa shape index (κ2) is 8.54. The molecule has 0 saturated heterocycles. The molecule has 8 heteroatoms. The lowest BCUT2D eigenvalue weighted by Crippen LogP contribution is -2.24. The topological polar surface area (TPSA) is 84.8 Å². The predicted molar refractivity (Wildman–Crippen MR) is 117 cm³/mol. The molecule has 0 spiro atoms. The van der Waals surface area contributed by atoms with Crippen LogP contribution < -0.4 is 10.1 Å². The summed E-state index contributed by atoms with van der Waals surface area (Å²) in [4.78, 5) is 18.5. The molecular formula is C22H23N5O2S. The average Bonchev–Trinajstić information content (AvgIpc) is 3.50. The van der Waals surface area contributed by atoms with Crippen LogP contribution in [0.3, 0.4) is 0 Å². The molecule has 0 aliphatic carbocycles. The minimum Gasteiger partial charge on any atom is -0.497 e. The van der Waals surface area contributed by atoms with Gasteiger partial charge in [-0.25, -0.2) is 4.98 Å². The summed E-state index contributed by atoms with van der Waals surface area (Å²) < 4.78 is 7.33. The molecule has 4 aromatic rings. The van der Waals surface area contributed by atoms with Gasteiger partial charge in [0, 0.05) is 21.8 Å². The first-order chi connectivity index (χ1) is 14.5. The van der Waals surface area contributed by atoms with Crippen molar-refractivity contribution < 1.29 is 9.53 Å². The van der Waals surface area contributed by atoms with E-state index in [0.717, 1.165) is 29.2 Å². The highest BCUT2D eigenvalue weighted by atomic mass is 32.1.